The maximum Gasteiger partial charge on any atom is 0.304 e. The Morgan fingerprint density at radius 3 is 2.56 bits per heavy atom. The number of hydrogen-bond donors (Lipinski definition) is 1. The van der Waals surface area contributed by atoms with E-state index < -0.39 is 16.0 Å². The number of aryl methyl sites for hydroxylation is 1. The number of hydrogen-bond acceptors (Lipinski definition) is 4. The van der Waals surface area contributed by atoms with Crippen LogP contribution in [-0.2, 0) is 14.8 Å². The minimum atomic E-state index is -3.53. The molecule has 0 saturated carbocycles. The summed E-state index contributed by atoms with van der Waals surface area (Å²) in [5, 5.41) is 8.54. The van der Waals surface area contributed by atoms with Gasteiger partial charge in [0.2, 0.25) is 10.0 Å². The Hall–Kier alpha value is -0.920. The Bertz CT molecular complexity index is 521. The molecule has 0 spiro atoms. The molecule has 1 N–H and O–H groups in total. The molecule has 1 unspecified atom stereocenters. The first-order chi connectivity index (χ1) is 8.24. The largest absolute Gasteiger partial charge is 0.481 e. The van der Waals surface area contributed by atoms with E-state index in [1.807, 2.05) is 19.1 Å². The molecule has 0 aliphatic rings. The van der Waals surface area contributed by atoms with Crippen LogP contribution in [0.2, 0.25) is 0 Å². The van der Waals surface area contributed by atoms with Gasteiger partial charge in [-0.3, -0.25) is 4.79 Å². The molecule has 0 aliphatic heterocycles. The van der Waals surface area contributed by atoms with Crippen molar-refractivity contribution < 1.29 is 18.3 Å². The van der Waals surface area contributed by atoms with Gasteiger partial charge in [-0.25, -0.2) is 8.42 Å². The lowest BCUT2D eigenvalue weighted by molar-refractivity contribution is -0.136. The molecule has 18 heavy (non-hydrogen) atoms. The molecule has 5 nitrogen and oxygen atoms in total. The quantitative estimate of drug-likeness (QED) is 0.868. The number of aliphatic carboxylic acids is 1. The smallest absolute Gasteiger partial charge is 0.304 e. The van der Waals surface area contributed by atoms with Crippen molar-refractivity contribution in [2.45, 2.75) is 26.3 Å². The monoisotopic (exact) mass is 291 g/mol. The van der Waals surface area contributed by atoms with E-state index in [2.05, 4.69) is 0 Å². The predicted molar refractivity (Wildman–Crippen MR) is 71.3 cm³/mol. The summed E-state index contributed by atoms with van der Waals surface area (Å²) in [4.78, 5) is 12.5. The van der Waals surface area contributed by atoms with Gasteiger partial charge in [0.25, 0.3) is 0 Å². The number of nitrogens with zero attached hydrogens (tertiary/aromatic N) is 1. The van der Waals surface area contributed by atoms with Crippen LogP contribution >= 0.6 is 11.3 Å². The summed E-state index contributed by atoms with van der Waals surface area (Å²) in [6, 6.07) is 3.56. The van der Waals surface area contributed by atoms with Gasteiger partial charge in [-0.15, -0.1) is 11.3 Å². The van der Waals surface area contributed by atoms with Gasteiger partial charge in [0.1, 0.15) is 0 Å². The molecule has 0 aliphatic carbocycles. The van der Waals surface area contributed by atoms with Crippen LogP contribution in [-0.4, -0.2) is 36.6 Å². The molecule has 0 aromatic carbocycles. The van der Waals surface area contributed by atoms with Gasteiger partial charge in [-0.05, 0) is 26.0 Å². The molecule has 0 amide bonds. The van der Waals surface area contributed by atoms with Crippen LogP contribution in [0.5, 0.6) is 0 Å². The number of carboxylic acids is 1. The maximum atomic E-state index is 11.9. The van der Waals surface area contributed by atoms with Gasteiger partial charge < -0.3 is 5.11 Å². The molecule has 1 atom stereocenters. The second-order valence-corrected chi connectivity index (χ2v) is 7.57. The van der Waals surface area contributed by atoms with Crippen molar-refractivity contribution >= 4 is 27.3 Å². The van der Waals surface area contributed by atoms with Crippen LogP contribution in [0.3, 0.4) is 0 Å². The lowest BCUT2D eigenvalue weighted by Crippen LogP contribution is -2.32. The van der Waals surface area contributed by atoms with Gasteiger partial charge in [0.05, 0.1) is 18.2 Å². The van der Waals surface area contributed by atoms with Crippen molar-refractivity contribution in [1.82, 2.24) is 4.31 Å². The standard InChI is InChI=1S/C11H17NO4S2/c1-8-4-5-10(17-8)9(2)12(3)18(15,16)7-6-11(13)14/h4-5,9H,6-7H2,1-3H3,(H,13,14). The molecule has 102 valence electrons. The third kappa shape index (κ3) is 3.79. The van der Waals surface area contributed by atoms with E-state index in [1.54, 1.807) is 18.3 Å². The second kappa shape index (κ2) is 5.81. The lowest BCUT2D eigenvalue weighted by Gasteiger charge is -2.23. The average molecular weight is 291 g/mol. The van der Waals surface area contributed by atoms with Crippen LogP contribution in [0, 0.1) is 6.92 Å². The Labute approximate surface area is 111 Å². The highest BCUT2D eigenvalue weighted by Gasteiger charge is 2.25. The van der Waals surface area contributed by atoms with E-state index in [-0.39, 0.29) is 18.2 Å². The highest BCUT2D eigenvalue weighted by Crippen LogP contribution is 2.28. The third-order valence-electron chi connectivity index (χ3n) is 2.73. The normalized spacial score (nSPS) is 13.8. The zero-order valence-corrected chi connectivity index (χ0v) is 12.2. The zero-order chi connectivity index (χ0) is 13.9. The lowest BCUT2D eigenvalue weighted by atomic mass is 10.3. The minimum Gasteiger partial charge on any atom is -0.481 e. The van der Waals surface area contributed by atoms with Gasteiger partial charge in [-0.2, -0.15) is 4.31 Å². The summed E-state index contributed by atoms with van der Waals surface area (Å²) in [7, 11) is -2.05. The summed E-state index contributed by atoms with van der Waals surface area (Å²) in [5.41, 5.74) is 0. The fourth-order valence-electron chi connectivity index (χ4n) is 1.46. The summed E-state index contributed by atoms with van der Waals surface area (Å²) in [6.07, 6.45) is -0.372. The maximum absolute atomic E-state index is 11.9. The summed E-state index contributed by atoms with van der Waals surface area (Å²) < 4.78 is 25.1. The van der Waals surface area contributed by atoms with Crippen LogP contribution < -0.4 is 0 Å². The van der Waals surface area contributed by atoms with E-state index >= 15 is 0 Å². The molecule has 0 saturated heterocycles. The number of carbonyl (C=O) groups is 1. The Morgan fingerprint density at radius 1 is 1.50 bits per heavy atom. The first-order valence-corrected chi connectivity index (χ1v) is 7.90. The molecule has 1 heterocycles. The molecule has 0 radical (unpaired) electrons. The SMILES string of the molecule is Cc1ccc(C(C)N(C)S(=O)(=O)CCC(=O)O)s1. The van der Waals surface area contributed by atoms with Gasteiger partial charge in [0.15, 0.2) is 0 Å². The second-order valence-electron chi connectivity index (χ2n) is 4.10. The fraction of sp³-hybridized carbons (Fsp3) is 0.545. The molecular weight excluding hydrogens is 274 g/mol. The molecule has 0 fully saturated rings. The minimum absolute atomic E-state index is 0.275. The van der Waals surface area contributed by atoms with Gasteiger partial charge in [-0.1, -0.05) is 0 Å². The first kappa shape index (κ1) is 15.1. The van der Waals surface area contributed by atoms with E-state index in [9.17, 15) is 13.2 Å². The molecule has 7 heteroatoms. The molecular formula is C11H17NO4S2. The van der Waals surface area contributed by atoms with Crippen LogP contribution in [0.15, 0.2) is 12.1 Å². The van der Waals surface area contributed by atoms with Crippen molar-refractivity contribution in [2.75, 3.05) is 12.8 Å². The van der Waals surface area contributed by atoms with Crippen molar-refractivity contribution in [2.24, 2.45) is 0 Å². The Balaban J connectivity index is 2.79. The first-order valence-electron chi connectivity index (χ1n) is 5.48. The number of sulfonamides is 1. The molecule has 1 aromatic heterocycles. The van der Waals surface area contributed by atoms with Gasteiger partial charge >= 0.3 is 5.97 Å². The van der Waals surface area contributed by atoms with Crippen molar-refractivity contribution in [3.05, 3.63) is 21.9 Å². The summed E-state index contributed by atoms with van der Waals surface area (Å²) >= 11 is 1.54. The average Bonchev–Trinajstić information content (AvgIpc) is 2.71. The molecule has 0 bridgehead atoms. The van der Waals surface area contributed by atoms with Crippen LogP contribution in [0.1, 0.15) is 29.1 Å². The van der Waals surface area contributed by atoms with Crippen molar-refractivity contribution in [3.63, 3.8) is 0 Å². The number of thiophene rings is 1. The van der Waals surface area contributed by atoms with Crippen molar-refractivity contribution in [1.29, 1.82) is 0 Å². The Kier molecular flexibility index (Phi) is 4.89. The topological polar surface area (TPSA) is 74.7 Å². The fourth-order valence-corrected chi connectivity index (χ4v) is 3.81. The van der Waals surface area contributed by atoms with E-state index in [1.165, 1.54) is 11.4 Å². The third-order valence-corrected chi connectivity index (χ3v) is 5.82. The highest BCUT2D eigenvalue weighted by atomic mass is 32.2. The molecule has 1 aromatic rings. The summed E-state index contributed by atoms with van der Waals surface area (Å²) in [5.74, 6) is -1.47. The number of carboxylic acid groups (broad SMARTS) is 1. The predicted octanol–water partition coefficient (Wildman–Crippen LogP) is 1.85. The number of rotatable bonds is 6. The Morgan fingerprint density at radius 2 is 2.11 bits per heavy atom. The molecule has 1 rings (SSSR count). The zero-order valence-electron chi connectivity index (χ0n) is 10.6. The summed E-state index contributed by atoms with van der Waals surface area (Å²) in [6.45, 7) is 3.75. The van der Waals surface area contributed by atoms with Crippen LogP contribution in [0.4, 0.5) is 0 Å². The van der Waals surface area contributed by atoms with E-state index in [0.717, 1.165) is 9.75 Å². The van der Waals surface area contributed by atoms with Gasteiger partial charge in [0, 0.05) is 16.8 Å². The van der Waals surface area contributed by atoms with Crippen molar-refractivity contribution in [3.8, 4) is 0 Å². The van der Waals surface area contributed by atoms with Crippen LogP contribution in [0.25, 0.3) is 0 Å². The van der Waals surface area contributed by atoms with E-state index in [0.29, 0.717) is 0 Å². The van der Waals surface area contributed by atoms with E-state index in [4.69, 9.17) is 5.11 Å². The highest BCUT2D eigenvalue weighted by molar-refractivity contribution is 7.89.